The van der Waals surface area contributed by atoms with Gasteiger partial charge >= 0.3 is 0 Å². The third-order valence-electron chi connectivity index (χ3n) is 4.50. The summed E-state index contributed by atoms with van der Waals surface area (Å²) in [6.45, 7) is 0. The van der Waals surface area contributed by atoms with Crippen molar-refractivity contribution < 1.29 is 9.13 Å². The van der Waals surface area contributed by atoms with E-state index in [1.54, 1.807) is 0 Å². The quantitative estimate of drug-likeness (QED) is 0.717. The maximum absolute atomic E-state index is 13.2. The SMILES string of the molecule is Fc1ccc(C2=CC3(CCCC3)Oc3ccccc32)cc1. The van der Waals surface area contributed by atoms with E-state index >= 15 is 0 Å². The summed E-state index contributed by atoms with van der Waals surface area (Å²) >= 11 is 0. The van der Waals surface area contributed by atoms with Gasteiger partial charge in [0.1, 0.15) is 17.2 Å². The van der Waals surface area contributed by atoms with E-state index in [1.165, 1.54) is 30.5 Å². The van der Waals surface area contributed by atoms with Crippen LogP contribution in [0.4, 0.5) is 4.39 Å². The number of fused-ring (bicyclic) bond motifs is 1. The van der Waals surface area contributed by atoms with Crippen molar-refractivity contribution in [1.82, 2.24) is 0 Å². The Bertz CT molecular complexity index is 694. The number of halogens is 1. The highest BCUT2D eigenvalue weighted by molar-refractivity contribution is 5.84. The standard InChI is InChI=1S/C19H17FO/c20-15-9-7-14(8-10-15)17-13-19(11-3-4-12-19)21-18-6-2-1-5-16(17)18/h1-2,5-10,13H,3-4,11-12H2. The van der Waals surface area contributed by atoms with Gasteiger partial charge in [-0.1, -0.05) is 30.3 Å². The van der Waals surface area contributed by atoms with Gasteiger partial charge in [-0.3, -0.25) is 0 Å². The van der Waals surface area contributed by atoms with E-state index in [9.17, 15) is 4.39 Å². The number of hydrogen-bond acceptors (Lipinski definition) is 1. The molecule has 1 aliphatic heterocycles. The van der Waals surface area contributed by atoms with Gasteiger partial charge in [0, 0.05) is 5.56 Å². The van der Waals surface area contributed by atoms with E-state index < -0.39 is 0 Å². The van der Waals surface area contributed by atoms with Crippen LogP contribution in [0.15, 0.2) is 54.6 Å². The first-order valence-electron chi connectivity index (χ1n) is 7.53. The summed E-state index contributed by atoms with van der Waals surface area (Å²) in [5.41, 5.74) is 3.15. The molecule has 2 aromatic carbocycles. The molecule has 0 radical (unpaired) electrons. The Labute approximate surface area is 124 Å². The van der Waals surface area contributed by atoms with Gasteiger partial charge in [-0.15, -0.1) is 0 Å². The van der Waals surface area contributed by atoms with Gasteiger partial charge < -0.3 is 4.74 Å². The Morgan fingerprint density at radius 3 is 2.38 bits per heavy atom. The summed E-state index contributed by atoms with van der Waals surface area (Å²) in [6, 6.07) is 14.9. The van der Waals surface area contributed by atoms with E-state index in [1.807, 2.05) is 30.3 Å². The summed E-state index contributed by atoms with van der Waals surface area (Å²) in [5, 5.41) is 0. The maximum Gasteiger partial charge on any atom is 0.128 e. The largest absolute Gasteiger partial charge is 0.483 e. The fourth-order valence-corrected chi connectivity index (χ4v) is 3.46. The molecule has 0 bridgehead atoms. The Hall–Kier alpha value is -2.09. The van der Waals surface area contributed by atoms with Gasteiger partial charge in [0.05, 0.1) is 0 Å². The van der Waals surface area contributed by atoms with Crippen molar-refractivity contribution in [1.29, 1.82) is 0 Å². The van der Waals surface area contributed by atoms with Crippen molar-refractivity contribution in [2.45, 2.75) is 31.3 Å². The normalized spacial score (nSPS) is 19.0. The maximum atomic E-state index is 13.2. The van der Waals surface area contributed by atoms with Gasteiger partial charge in [0.2, 0.25) is 0 Å². The molecule has 0 N–H and O–H groups in total. The Kier molecular flexibility index (Phi) is 2.85. The van der Waals surface area contributed by atoms with Crippen LogP contribution in [-0.4, -0.2) is 5.60 Å². The molecule has 1 spiro atoms. The van der Waals surface area contributed by atoms with Crippen LogP contribution in [-0.2, 0) is 0 Å². The van der Waals surface area contributed by atoms with E-state index in [4.69, 9.17) is 4.74 Å². The van der Waals surface area contributed by atoms with Crippen LogP contribution in [0.25, 0.3) is 5.57 Å². The van der Waals surface area contributed by atoms with Gasteiger partial charge in [-0.25, -0.2) is 4.39 Å². The monoisotopic (exact) mass is 280 g/mol. The predicted molar refractivity (Wildman–Crippen MR) is 81.7 cm³/mol. The molecule has 21 heavy (non-hydrogen) atoms. The molecule has 1 aliphatic carbocycles. The van der Waals surface area contributed by atoms with E-state index in [0.29, 0.717) is 0 Å². The van der Waals surface area contributed by atoms with Gasteiger partial charge in [0.15, 0.2) is 0 Å². The molecule has 1 heterocycles. The number of hydrogen-bond donors (Lipinski definition) is 0. The summed E-state index contributed by atoms with van der Waals surface area (Å²) in [7, 11) is 0. The number of ether oxygens (including phenoxy) is 1. The van der Waals surface area contributed by atoms with Crippen molar-refractivity contribution in [2.75, 3.05) is 0 Å². The first kappa shape index (κ1) is 12.6. The minimum atomic E-state index is -0.199. The smallest absolute Gasteiger partial charge is 0.128 e. The highest BCUT2D eigenvalue weighted by atomic mass is 19.1. The Morgan fingerprint density at radius 1 is 0.905 bits per heavy atom. The van der Waals surface area contributed by atoms with E-state index in [-0.39, 0.29) is 11.4 Å². The third kappa shape index (κ3) is 2.15. The minimum absolute atomic E-state index is 0.169. The molecule has 106 valence electrons. The van der Waals surface area contributed by atoms with Crippen LogP contribution in [0.5, 0.6) is 5.75 Å². The van der Waals surface area contributed by atoms with E-state index in [0.717, 1.165) is 29.7 Å². The van der Waals surface area contributed by atoms with Crippen LogP contribution in [0.1, 0.15) is 36.8 Å². The topological polar surface area (TPSA) is 9.23 Å². The average molecular weight is 280 g/mol. The molecule has 1 saturated carbocycles. The zero-order valence-electron chi connectivity index (χ0n) is 11.8. The van der Waals surface area contributed by atoms with Crippen LogP contribution >= 0.6 is 0 Å². The molecular formula is C19H17FO. The lowest BCUT2D eigenvalue weighted by molar-refractivity contribution is 0.124. The second-order valence-corrected chi connectivity index (χ2v) is 5.94. The fourth-order valence-electron chi connectivity index (χ4n) is 3.46. The minimum Gasteiger partial charge on any atom is -0.483 e. The Balaban J connectivity index is 1.88. The molecule has 0 atom stereocenters. The molecule has 1 fully saturated rings. The number of para-hydroxylation sites is 1. The fraction of sp³-hybridized carbons (Fsp3) is 0.263. The predicted octanol–water partition coefficient (Wildman–Crippen LogP) is 4.96. The lowest BCUT2D eigenvalue weighted by atomic mass is 9.87. The summed E-state index contributed by atoms with van der Waals surface area (Å²) in [5.74, 6) is 0.747. The van der Waals surface area contributed by atoms with Crippen molar-refractivity contribution >= 4 is 5.57 Å². The molecule has 0 saturated heterocycles. The second kappa shape index (κ2) is 4.73. The zero-order chi connectivity index (χ0) is 14.3. The molecule has 2 heteroatoms. The van der Waals surface area contributed by atoms with Crippen molar-refractivity contribution in [3.63, 3.8) is 0 Å². The second-order valence-electron chi connectivity index (χ2n) is 5.94. The highest BCUT2D eigenvalue weighted by Crippen LogP contribution is 2.45. The van der Waals surface area contributed by atoms with Crippen molar-refractivity contribution in [3.8, 4) is 5.75 Å². The van der Waals surface area contributed by atoms with Crippen molar-refractivity contribution in [2.24, 2.45) is 0 Å². The molecule has 2 aliphatic rings. The lowest BCUT2D eigenvalue weighted by Crippen LogP contribution is -2.33. The van der Waals surface area contributed by atoms with Gasteiger partial charge in [-0.2, -0.15) is 0 Å². The molecule has 1 nitrogen and oxygen atoms in total. The molecule has 0 amide bonds. The van der Waals surface area contributed by atoms with Crippen molar-refractivity contribution in [3.05, 3.63) is 71.6 Å². The highest BCUT2D eigenvalue weighted by Gasteiger charge is 2.38. The average Bonchev–Trinajstić information content (AvgIpc) is 2.95. The molecule has 0 unspecified atom stereocenters. The Morgan fingerprint density at radius 2 is 1.62 bits per heavy atom. The molecule has 0 aromatic heterocycles. The van der Waals surface area contributed by atoms with Gasteiger partial charge in [-0.05, 0) is 61.1 Å². The molecule has 2 aromatic rings. The first-order chi connectivity index (χ1) is 10.3. The zero-order valence-corrected chi connectivity index (χ0v) is 11.8. The summed E-state index contributed by atoms with van der Waals surface area (Å²) < 4.78 is 19.5. The number of rotatable bonds is 1. The molecule has 4 rings (SSSR count). The first-order valence-corrected chi connectivity index (χ1v) is 7.53. The van der Waals surface area contributed by atoms with Gasteiger partial charge in [0.25, 0.3) is 0 Å². The third-order valence-corrected chi connectivity index (χ3v) is 4.50. The summed E-state index contributed by atoms with van der Waals surface area (Å²) in [4.78, 5) is 0. The summed E-state index contributed by atoms with van der Waals surface area (Å²) in [6.07, 6.45) is 6.79. The number of benzene rings is 2. The van der Waals surface area contributed by atoms with Crippen LogP contribution in [0, 0.1) is 5.82 Å². The van der Waals surface area contributed by atoms with E-state index in [2.05, 4.69) is 12.1 Å². The van der Waals surface area contributed by atoms with Crippen LogP contribution in [0.3, 0.4) is 0 Å². The van der Waals surface area contributed by atoms with Crippen LogP contribution < -0.4 is 4.74 Å². The lowest BCUT2D eigenvalue weighted by Gasteiger charge is -2.34. The molecular weight excluding hydrogens is 263 g/mol. The van der Waals surface area contributed by atoms with Crippen LogP contribution in [0.2, 0.25) is 0 Å².